The Labute approximate surface area is 102 Å². The molecule has 1 rings (SSSR count). The molecule has 1 aromatic heterocycles. The number of nitrogens with one attached hydrogen (secondary N) is 1. The Morgan fingerprint density at radius 1 is 1.73 bits per heavy atom. The normalized spacial score (nSPS) is 12.2. The van der Waals surface area contributed by atoms with E-state index in [2.05, 4.69) is 26.2 Å². The highest BCUT2D eigenvalue weighted by Crippen LogP contribution is 2.12. The highest BCUT2D eigenvalue weighted by atomic mass is 79.9. The van der Waals surface area contributed by atoms with E-state index in [0.717, 1.165) is 6.42 Å². The molecular formula is C10H12BrClN2O. The van der Waals surface area contributed by atoms with Crippen molar-refractivity contribution in [3.8, 4) is 0 Å². The molecule has 0 spiro atoms. The minimum atomic E-state index is -0.157. The number of carbonyl (C=O) groups is 1. The van der Waals surface area contributed by atoms with Gasteiger partial charge >= 0.3 is 0 Å². The molecule has 0 aliphatic rings. The van der Waals surface area contributed by atoms with E-state index in [1.165, 1.54) is 6.20 Å². The second-order valence-corrected chi connectivity index (χ2v) is 5.15. The van der Waals surface area contributed by atoms with Gasteiger partial charge in [-0.15, -0.1) is 0 Å². The van der Waals surface area contributed by atoms with E-state index >= 15 is 0 Å². The zero-order valence-corrected chi connectivity index (χ0v) is 10.7. The minimum Gasteiger partial charge on any atom is -0.352 e. The summed E-state index contributed by atoms with van der Waals surface area (Å²) in [5.74, 6) is -0.157. The van der Waals surface area contributed by atoms with Crippen molar-refractivity contribution in [2.75, 3.05) is 6.54 Å². The average molecular weight is 292 g/mol. The van der Waals surface area contributed by atoms with Crippen LogP contribution in [0.15, 0.2) is 18.5 Å². The highest BCUT2D eigenvalue weighted by molar-refractivity contribution is 9.09. The van der Waals surface area contributed by atoms with Gasteiger partial charge in [0.2, 0.25) is 0 Å². The largest absolute Gasteiger partial charge is 0.352 e. The van der Waals surface area contributed by atoms with Gasteiger partial charge in [-0.25, -0.2) is 0 Å². The molecule has 5 heteroatoms. The fourth-order valence-electron chi connectivity index (χ4n) is 1.04. The van der Waals surface area contributed by atoms with Crippen LogP contribution in [-0.2, 0) is 0 Å². The third kappa shape index (κ3) is 4.18. The van der Waals surface area contributed by atoms with Crippen LogP contribution in [0.5, 0.6) is 0 Å². The molecule has 0 saturated heterocycles. The van der Waals surface area contributed by atoms with Crippen molar-refractivity contribution >= 4 is 33.4 Å². The molecule has 0 aliphatic heterocycles. The van der Waals surface area contributed by atoms with Crippen molar-refractivity contribution in [1.29, 1.82) is 0 Å². The van der Waals surface area contributed by atoms with Gasteiger partial charge in [0, 0.05) is 23.8 Å². The summed E-state index contributed by atoms with van der Waals surface area (Å²) in [5.41, 5.74) is 0.467. The molecule has 0 aromatic carbocycles. The molecule has 1 unspecified atom stereocenters. The van der Waals surface area contributed by atoms with Crippen molar-refractivity contribution in [1.82, 2.24) is 10.3 Å². The zero-order chi connectivity index (χ0) is 11.3. The molecule has 0 saturated carbocycles. The molecule has 0 bridgehead atoms. The Morgan fingerprint density at radius 3 is 3.07 bits per heavy atom. The number of nitrogens with zero attached hydrogens (tertiary/aromatic N) is 1. The maximum Gasteiger partial charge on any atom is 0.252 e. The van der Waals surface area contributed by atoms with Gasteiger partial charge in [-0.1, -0.05) is 34.5 Å². The SMILES string of the molecule is CC(Br)CCNC(=O)c1ccncc1Cl. The van der Waals surface area contributed by atoms with E-state index in [4.69, 9.17) is 11.6 Å². The van der Waals surface area contributed by atoms with E-state index < -0.39 is 0 Å². The number of aromatic nitrogens is 1. The van der Waals surface area contributed by atoms with Gasteiger partial charge in [0.15, 0.2) is 0 Å². The predicted octanol–water partition coefficient (Wildman–Crippen LogP) is 2.64. The second-order valence-electron chi connectivity index (χ2n) is 3.18. The summed E-state index contributed by atoms with van der Waals surface area (Å²) in [6.07, 6.45) is 3.89. The first-order chi connectivity index (χ1) is 7.11. The van der Waals surface area contributed by atoms with Crippen LogP contribution in [-0.4, -0.2) is 22.3 Å². The third-order valence-electron chi connectivity index (χ3n) is 1.84. The van der Waals surface area contributed by atoms with Crippen LogP contribution >= 0.6 is 27.5 Å². The van der Waals surface area contributed by atoms with Crippen molar-refractivity contribution in [3.05, 3.63) is 29.0 Å². The van der Waals surface area contributed by atoms with Crippen LogP contribution in [0, 0.1) is 0 Å². The Hall–Kier alpha value is -0.610. The van der Waals surface area contributed by atoms with Crippen LogP contribution in [0.4, 0.5) is 0 Å². The molecule has 15 heavy (non-hydrogen) atoms. The number of alkyl halides is 1. The Balaban J connectivity index is 2.51. The summed E-state index contributed by atoms with van der Waals surface area (Å²) in [7, 11) is 0. The van der Waals surface area contributed by atoms with E-state index in [-0.39, 0.29) is 5.91 Å². The summed E-state index contributed by atoms with van der Waals surface area (Å²) in [4.78, 5) is 15.8. The lowest BCUT2D eigenvalue weighted by molar-refractivity contribution is 0.0953. The predicted molar refractivity (Wildman–Crippen MR) is 64.6 cm³/mol. The van der Waals surface area contributed by atoms with Crippen molar-refractivity contribution in [2.24, 2.45) is 0 Å². The molecule has 82 valence electrons. The Morgan fingerprint density at radius 2 is 2.47 bits per heavy atom. The summed E-state index contributed by atoms with van der Waals surface area (Å²) in [6, 6.07) is 1.61. The lowest BCUT2D eigenvalue weighted by Crippen LogP contribution is -2.25. The van der Waals surface area contributed by atoms with Crippen LogP contribution < -0.4 is 5.32 Å². The smallest absolute Gasteiger partial charge is 0.252 e. The fraction of sp³-hybridized carbons (Fsp3) is 0.400. The average Bonchev–Trinajstić information content (AvgIpc) is 2.17. The molecule has 1 atom stereocenters. The molecule has 3 nitrogen and oxygen atoms in total. The highest BCUT2D eigenvalue weighted by Gasteiger charge is 2.09. The topological polar surface area (TPSA) is 42.0 Å². The molecule has 0 aliphatic carbocycles. The first kappa shape index (κ1) is 12.5. The summed E-state index contributed by atoms with van der Waals surface area (Å²) >= 11 is 9.24. The third-order valence-corrected chi connectivity index (χ3v) is 2.60. The van der Waals surface area contributed by atoms with E-state index in [1.807, 2.05) is 6.92 Å². The number of pyridine rings is 1. The van der Waals surface area contributed by atoms with Crippen molar-refractivity contribution < 1.29 is 4.79 Å². The van der Waals surface area contributed by atoms with Gasteiger partial charge in [0.05, 0.1) is 10.6 Å². The first-order valence-corrected chi connectivity index (χ1v) is 5.92. The van der Waals surface area contributed by atoms with Gasteiger partial charge in [0.25, 0.3) is 5.91 Å². The number of carbonyl (C=O) groups excluding carboxylic acids is 1. The van der Waals surface area contributed by atoms with Gasteiger partial charge < -0.3 is 5.32 Å². The number of hydrogen-bond donors (Lipinski definition) is 1. The number of rotatable bonds is 4. The first-order valence-electron chi connectivity index (χ1n) is 4.63. The second kappa shape index (κ2) is 6.08. The van der Waals surface area contributed by atoms with Gasteiger partial charge in [0.1, 0.15) is 0 Å². The molecular weight excluding hydrogens is 279 g/mol. The molecule has 1 amide bonds. The van der Waals surface area contributed by atoms with Crippen LogP contribution in [0.2, 0.25) is 5.02 Å². The van der Waals surface area contributed by atoms with E-state index in [9.17, 15) is 4.79 Å². The minimum absolute atomic E-state index is 0.157. The molecule has 1 heterocycles. The van der Waals surface area contributed by atoms with E-state index in [0.29, 0.717) is 22.0 Å². The molecule has 0 radical (unpaired) electrons. The maximum absolute atomic E-state index is 11.6. The maximum atomic E-state index is 11.6. The Bertz CT molecular complexity index is 344. The number of amides is 1. The van der Waals surface area contributed by atoms with Crippen molar-refractivity contribution in [3.63, 3.8) is 0 Å². The fourth-order valence-corrected chi connectivity index (χ4v) is 1.47. The summed E-state index contributed by atoms with van der Waals surface area (Å²) < 4.78 is 0. The van der Waals surface area contributed by atoms with Crippen molar-refractivity contribution in [2.45, 2.75) is 18.2 Å². The lowest BCUT2D eigenvalue weighted by Gasteiger charge is -2.07. The van der Waals surface area contributed by atoms with Crippen LogP contribution in [0.1, 0.15) is 23.7 Å². The summed E-state index contributed by atoms with van der Waals surface area (Å²) in [5, 5.41) is 3.17. The van der Waals surface area contributed by atoms with Gasteiger partial charge in [-0.3, -0.25) is 9.78 Å². The van der Waals surface area contributed by atoms with Crippen LogP contribution in [0.3, 0.4) is 0 Å². The number of hydrogen-bond acceptors (Lipinski definition) is 2. The van der Waals surface area contributed by atoms with Gasteiger partial charge in [-0.05, 0) is 12.5 Å². The van der Waals surface area contributed by atoms with Gasteiger partial charge in [-0.2, -0.15) is 0 Å². The van der Waals surface area contributed by atoms with Crippen LogP contribution in [0.25, 0.3) is 0 Å². The lowest BCUT2D eigenvalue weighted by atomic mass is 10.2. The summed E-state index contributed by atoms with van der Waals surface area (Å²) in [6.45, 7) is 2.66. The monoisotopic (exact) mass is 290 g/mol. The molecule has 0 fully saturated rings. The standard InChI is InChI=1S/C10H12BrClN2O/c1-7(11)2-5-14-10(15)8-3-4-13-6-9(8)12/h3-4,6-7H,2,5H2,1H3,(H,14,15). The molecule has 1 aromatic rings. The Kier molecular flexibility index (Phi) is 5.05. The quantitative estimate of drug-likeness (QED) is 0.867. The zero-order valence-electron chi connectivity index (χ0n) is 8.34. The number of halogens is 2. The molecule has 1 N–H and O–H groups in total. The van der Waals surface area contributed by atoms with E-state index in [1.54, 1.807) is 12.3 Å².